The van der Waals surface area contributed by atoms with Crippen molar-refractivity contribution in [2.45, 2.75) is 32.7 Å². The molecule has 2 heterocycles. The van der Waals surface area contributed by atoms with Gasteiger partial charge in [0.25, 0.3) is 0 Å². The number of halogens is 1. The van der Waals surface area contributed by atoms with Gasteiger partial charge in [-0.15, -0.1) is 11.3 Å². The van der Waals surface area contributed by atoms with Crippen LogP contribution in [0, 0.1) is 5.41 Å². The fourth-order valence-electron chi connectivity index (χ4n) is 2.15. The normalized spacial score (nSPS) is 21.4. The minimum Gasteiger partial charge on any atom is -0.381 e. The lowest BCUT2D eigenvalue weighted by Crippen LogP contribution is -2.37. The predicted molar refractivity (Wildman–Crippen MR) is 76.6 cm³/mol. The largest absolute Gasteiger partial charge is 0.381 e. The first-order valence-electron chi connectivity index (χ1n) is 6.15. The Hall–Kier alpha value is 0.100. The molecule has 2 nitrogen and oxygen atoms in total. The van der Waals surface area contributed by atoms with E-state index in [9.17, 15) is 0 Å². The molecule has 1 N–H and O–H groups in total. The topological polar surface area (TPSA) is 21.3 Å². The molecule has 0 amide bonds. The molecule has 0 aromatic carbocycles. The van der Waals surface area contributed by atoms with Gasteiger partial charge in [0, 0.05) is 35.2 Å². The molecule has 1 unspecified atom stereocenters. The van der Waals surface area contributed by atoms with E-state index in [-0.39, 0.29) is 0 Å². The monoisotopic (exact) mass is 317 g/mol. The molecule has 1 aliphatic rings. The van der Waals surface area contributed by atoms with E-state index >= 15 is 0 Å². The summed E-state index contributed by atoms with van der Waals surface area (Å²) in [5.74, 6) is 0. The van der Waals surface area contributed by atoms with Gasteiger partial charge in [0.2, 0.25) is 0 Å². The smallest absolute Gasteiger partial charge is 0.0471 e. The standard InChI is InChI=1S/C13H20BrNOS/c1-10(12-11(14)3-8-17-12)15-9-13(2)4-6-16-7-5-13/h3,8,10,15H,4-7,9H2,1-2H3. The molecule has 0 aliphatic carbocycles. The van der Waals surface area contributed by atoms with Crippen LogP contribution < -0.4 is 5.32 Å². The highest BCUT2D eigenvalue weighted by atomic mass is 79.9. The molecule has 1 aliphatic heterocycles. The fourth-order valence-corrected chi connectivity index (χ4v) is 3.90. The van der Waals surface area contributed by atoms with Crippen LogP contribution in [0.3, 0.4) is 0 Å². The second-order valence-electron chi connectivity index (χ2n) is 5.16. The summed E-state index contributed by atoms with van der Waals surface area (Å²) < 4.78 is 6.65. The highest BCUT2D eigenvalue weighted by molar-refractivity contribution is 9.10. The molecule has 0 radical (unpaired) electrons. The van der Waals surface area contributed by atoms with E-state index in [0.29, 0.717) is 11.5 Å². The van der Waals surface area contributed by atoms with Crippen molar-refractivity contribution >= 4 is 27.3 Å². The fraction of sp³-hybridized carbons (Fsp3) is 0.692. The van der Waals surface area contributed by atoms with Crippen LogP contribution in [0.1, 0.15) is 37.6 Å². The molecule has 0 bridgehead atoms. The van der Waals surface area contributed by atoms with E-state index in [4.69, 9.17) is 4.74 Å². The molecule has 96 valence electrons. The van der Waals surface area contributed by atoms with E-state index in [1.807, 2.05) is 11.3 Å². The third-order valence-corrected chi connectivity index (χ3v) is 5.63. The van der Waals surface area contributed by atoms with Crippen molar-refractivity contribution in [2.75, 3.05) is 19.8 Å². The summed E-state index contributed by atoms with van der Waals surface area (Å²) in [4.78, 5) is 1.39. The van der Waals surface area contributed by atoms with Gasteiger partial charge in [0.15, 0.2) is 0 Å². The van der Waals surface area contributed by atoms with E-state index in [1.54, 1.807) is 0 Å². The molecular formula is C13H20BrNOS. The van der Waals surface area contributed by atoms with Crippen molar-refractivity contribution in [3.8, 4) is 0 Å². The van der Waals surface area contributed by atoms with Crippen molar-refractivity contribution < 1.29 is 4.74 Å². The number of rotatable bonds is 4. The van der Waals surface area contributed by atoms with Crippen LogP contribution in [0.2, 0.25) is 0 Å². The van der Waals surface area contributed by atoms with Crippen LogP contribution in [0.15, 0.2) is 15.9 Å². The zero-order chi connectivity index (χ0) is 12.3. The summed E-state index contributed by atoms with van der Waals surface area (Å²) in [5.41, 5.74) is 0.399. The maximum absolute atomic E-state index is 5.43. The second-order valence-corrected chi connectivity index (χ2v) is 6.96. The first-order chi connectivity index (χ1) is 8.11. The van der Waals surface area contributed by atoms with Crippen molar-refractivity contribution in [3.05, 3.63) is 20.8 Å². The number of ether oxygens (including phenoxy) is 1. The molecule has 17 heavy (non-hydrogen) atoms. The Labute approximate surface area is 116 Å². The maximum atomic E-state index is 5.43. The molecule has 1 fully saturated rings. The van der Waals surface area contributed by atoms with Crippen LogP contribution in [-0.4, -0.2) is 19.8 Å². The van der Waals surface area contributed by atoms with Crippen molar-refractivity contribution in [2.24, 2.45) is 5.41 Å². The number of nitrogens with one attached hydrogen (secondary N) is 1. The lowest BCUT2D eigenvalue weighted by atomic mass is 9.82. The number of thiophene rings is 1. The van der Waals surface area contributed by atoms with Crippen molar-refractivity contribution in [1.82, 2.24) is 5.32 Å². The summed E-state index contributed by atoms with van der Waals surface area (Å²) in [6, 6.07) is 2.54. The molecule has 0 saturated carbocycles. The van der Waals surface area contributed by atoms with Crippen LogP contribution in [0.25, 0.3) is 0 Å². The van der Waals surface area contributed by atoms with Gasteiger partial charge in [-0.3, -0.25) is 0 Å². The molecule has 0 spiro atoms. The van der Waals surface area contributed by atoms with E-state index in [0.717, 1.165) is 19.8 Å². The van der Waals surface area contributed by atoms with Gasteiger partial charge < -0.3 is 10.1 Å². The van der Waals surface area contributed by atoms with Crippen LogP contribution in [-0.2, 0) is 4.74 Å². The third kappa shape index (κ3) is 3.53. The summed E-state index contributed by atoms with van der Waals surface area (Å²) in [7, 11) is 0. The summed E-state index contributed by atoms with van der Waals surface area (Å²) in [6.45, 7) is 7.49. The Balaban J connectivity index is 1.87. The van der Waals surface area contributed by atoms with Crippen molar-refractivity contribution in [3.63, 3.8) is 0 Å². The van der Waals surface area contributed by atoms with Gasteiger partial charge in [-0.25, -0.2) is 0 Å². The second kappa shape index (κ2) is 5.83. The molecule has 1 atom stereocenters. The predicted octanol–water partition coefficient (Wildman–Crippen LogP) is 3.98. The summed E-state index contributed by atoms with van der Waals surface area (Å²) in [5, 5.41) is 5.79. The molecule has 4 heteroatoms. The van der Waals surface area contributed by atoms with Gasteiger partial charge in [0.1, 0.15) is 0 Å². The number of hydrogen-bond acceptors (Lipinski definition) is 3. The van der Waals surface area contributed by atoms with Gasteiger partial charge in [0.05, 0.1) is 0 Å². The molecular weight excluding hydrogens is 298 g/mol. The Bertz CT molecular complexity index is 360. The van der Waals surface area contributed by atoms with Crippen LogP contribution in [0.5, 0.6) is 0 Å². The summed E-state index contributed by atoms with van der Waals surface area (Å²) in [6.07, 6.45) is 2.33. The van der Waals surface area contributed by atoms with E-state index in [1.165, 1.54) is 22.2 Å². The molecule has 1 aromatic rings. The van der Waals surface area contributed by atoms with Crippen LogP contribution >= 0.6 is 27.3 Å². The average Bonchev–Trinajstić information content (AvgIpc) is 2.74. The third-order valence-electron chi connectivity index (χ3n) is 3.57. The van der Waals surface area contributed by atoms with Gasteiger partial charge >= 0.3 is 0 Å². The Kier molecular flexibility index (Phi) is 4.64. The first-order valence-corrected chi connectivity index (χ1v) is 7.82. The number of hydrogen-bond donors (Lipinski definition) is 1. The minimum atomic E-state index is 0.399. The van der Waals surface area contributed by atoms with Crippen LogP contribution in [0.4, 0.5) is 0 Å². The molecule has 1 saturated heterocycles. The van der Waals surface area contributed by atoms with E-state index in [2.05, 4.69) is 46.5 Å². The lowest BCUT2D eigenvalue weighted by molar-refractivity contribution is 0.0231. The zero-order valence-electron chi connectivity index (χ0n) is 10.5. The van der Waals surface area contributed by atoms with E-state index < -0.39 is 0 Å². The Morgan fingerprint density at radius 3 is 2.82 bits per heavy atom. The quantitative estimate of drug-likeness (QED) is 0.907. The maximum Gasteiger partial charge on any atom is 0.0471 e. The van der Waals surface area contributed by atoms with Gasteiger partial charge in [-0.2, -0.15) is 0 Å². The Morgan fingerprint density at radius 1 is 1.53 bits per heavy atom. The first kappa shape index (κ1) is 13.5. The molecule has 1 aromatic heterocycles. The SMILES string of the molecule is CC(NCC1(C)CCOCC1)c1sccc1Br. The van der Waals surface area contributed by atoms with Gasteiger partial charge in [-0.05, 0) is 52.6 Å². The average molecular weight is 318 g/mol. The highest BCUT2D eigenvalue weighted by Gasteiger charge is 2.27. The molecule has 2 rings (SSSR count). The lowest BCUT2D eigenvalue weighted by Gasteiger charge is -2.34. The van der Waals surface area contributed by atoms with Crippen molar-refractivity contribution in [1.29, 1.82) is 0 Å². The summed E-state index contributed by atoms with van der Waals surface area (Å²) >= 11 is 5.41. The zero-order valence-corrected chi connectivity index (χ0v) is 12.9. The Morgan fingerprint density at radius 2 is 2.24 bits per heavy atom. The minimum absolute atomic E-state index is 0.399. The highest BCUT2D eigenvalue weighted by Crippen LogP contribution is 2.32. The van der Waals surface area contributed by atoms with Gasteiger partial charge in [-0.1, -0.05) is 6.92 Å².